The molecular formula is C15H19FO2. The lowest BCUT2D eigenvalue weighted by Gasteiger charge is -2.32. The fraction of sp³-hybridized carbons (Fsp3) is 0.600. The molecule has 0 bridgehead atoms. The monoisotopic (exact) mass is 250 g/mol. The van der Waals surface area contributed by atoms with E-state index in [1.165, 1.54) is 6.07 Å². The molecule has 1 aromatic rings. The van der Waals surface area contributed by atoms with E-state index in [2.05, 4.69) is 20.8 Å². The van der Waals surface area contributed by atoms with Crippen LogP contribution in [-0.2, 0) is 5.41 Å². The van der Waals surface area contributed by atoms with Gasteiger partial charge in [-0.25, -0.2) is 4.39 Å². The van der Waals surface area contributed by atoms with Gasteiger partial charge in [-0.2, -0.15) is 0 Å². The third-order valence-corrected chi connectivity index (χ3v) is 4.81. The van der Waals surface area contributed by atoms with Crippen molar-refractivity contribution in [2.24, 2.45) is 11.3 Å². The summed E-state index contributed by atoms with van der Waals surface area (Å²) in [6.07, 6.45) is 0.993. The Hall–Kier alpha value is -1.09. The molecule has 0 aromatic heterocycles. The van der Waals surface area contributed by atoms with Gasteiger partial charge in [0.25, 0.3) is 0 Å². The van der Waals surface area contributed by atoms with Gasteiger partial charge < -0.3 is 9.84 Å². The van der Waals surface area contributed by atoms with Crippen LogP contribution in [0.4, 0.5) is 4.39 Å². The van der Waals surface area contributed by atoms with Gasteiger partial charge in [-0.3, -0.25) is 0 Å². The fourth-order valence-corrected chi connectivity index (χ4v) is 3.55. The van der Waals surface area contributed by atoms with Crippen molar-refractivity contribution >= 4 is 0 Å². The van der Waals surface area contributed by atoms with E-state index in [-0.39, 0.29) is 29.4 Å². The smallest absolute Gasteiger partial charge is 0.123 e. The molecule has 1 saturated carbocycles. The highest BCUT2D eigenvalue weighted by Crippen LogP contribution is 2.62. The average Bonchev–Trinajstić information content (AvgIpc) is 2.91. The molecule has 1 aliphatic heterocycles. The summed E-state index contributed by atoms with van der Waals surface area (Å²) in [4.78, 5) is 0. The maximum Gasteiger partial charge on any atom is 0.123 e. The molecule has 2 aliphatic rings. The van der Waals surface area contributed by atoms with E-state index in [1.54, 1.807) is 12.1 Å². The van der Waals surface area contributed by atoms with Gasteiger partial charge in [0.1, 0.15) is 17.7 Å². The maximum atomic E-state index is 13.4. The highest BCUT2D eigenvalue weighted by atomic mass is 19.1. The molecule has 3 atom stereocenters. The van der Waals surface area contributed by atoms with Gasteiger partial charge in [-0.05, 0) is 30.5 Å². The molecule has 2 nitrogen and oxygen atoms in total. The minimum Gasteiger partial charge on any atom is -0.489 e. The summed E-state index contributed by atoms with van der Waals surface area (Å²) in [7, 11) is 0. The Bertz CT molecular complexity index is 497. The van der Waals surface area contributed by atoms with Crippen LogP contribution >= 0.6 is 0 Å². The van der Waals surface area contributed by atoms with Crippen LogP contribution in [0.3, 0.4) is 0 Å². The molecule has 1 fully saturated rings. The molecule has 18 heavy (non-hydrogen) atoms. The molecular weight excluding hydrogens is 231 g/mol. The van der Waals surface area contributed by atoms with Crippen molar-refractivity contribution in [1.29, 1.82) is 0 Å². The number of ether oxygens (including phenoxy) is 1. The summed E-state index contributed by atoms with van der Waals surface area (Å²) in [5, 5.41) is 9.32. The van der Waals surface area contributed by atoms with Crippen LogP contribution in [0.5, 0.6) is 5.75 Å². The van der Waals surface area contributed by atoms with E-state index in [0.717, 1.165) is 17.7 Å². The first-order valence-electron chi connectivity index (χ1n) is 6.47. The highest BCUT2D eigenvalue weighted by Gasteiger charge is 2.62. The third-order valence-electron chi connectivity index (χ3n) is 4.81. The maximum absolute atomic E-state index is 13.4. The summed E-state index contributed by atoms with van der Waals surface area (Å²) in [6.45, 7) is 6.56. The number of aliphatic hydroxyl groups excluding tert-OH is 1. The second-order valence-electron chi connectivity index (χ2n) is 6.45. The lowest BCUT2D eigenvalue weighted by atomic mass is 9.74. The topological polar surface area (TPSA) is 29.5 Å². The van der Waals surface area contributed by atoms with Crippen LogP contribution in [0, 0.1) is 17.2 Å². The lowest BCUT2D eigenvalue weighted by molar-refractivity contribution is 0.0771. The van der Waals surface area contributed by atoms with E-state index < -0.39 is 0 Å². The van der Waals surface area contributed by atoms with Gasteiger partial charge in [-0.1, -0.05) is 20.8 Å². The Morgan fingerprint density at radius 1 is 1.39 bits per heavy atom. The lowest BCUT2D eigenvalue weighted by Crippen LogP contribution is -2.40. The first-order valence-corrected chi connectivity index (χ1v) is 6.47. The zero-order chi connectivity index (χ0) is 13.1. The molecule has 0 saturated heterocycles. The molecule has 98 valence electrons. The van der Waals surface area contributed by atoms with Crippen molar-refractivity contribution in [3.63, 3.8) is 0 Å². The number of fused-ring (bicyclic) bond motifs is 1. The number of aliphatic hydroxyl groups is 1. The third kappa shape index (κ3) is 1.43. The summed E-state index contributed by atoms with van der Waals surface area (Å²) in [5.74, 6) is 0.878. The summed E-state index contributed by atoms with van der Waals surface area (Å²) in [6, 6.07) is 4.73. The minimum absolute atomic E-state index is 0.00768. The molecule has 3 heteroatoms. The predicted molar refractivity (Wildman–Crippen MR) is 67.1 cm³/mol. The van der Waals surface area contributed by atoms with Crippen LogP contribution in [0.25, 0.3) is 0 Å². The van der Waals surface area contributed by atoms with Crippen molar-refractivity contribution in [3.8, 4) is 5.75 Å². The van der Waals surface area contributed by atoms with Gasteiger partial charge in [0.05, 0.1) is 0 Å². The number of rotatable bonds is 2. The molecule has 1 N–H and O–H groups in total. The van der Waals surface area contributed by atoms with Crippen molar-refractivity contribution in [1.82, 2.24) is 0 Å². The van der Waals surface area contributed by atoms with Gasteiger partial charge in [0, 0.05) is 23.0 Å². The Labute approximate surface area is 107 Å². The van der Waals surface area contributed by atoms with Crippen LogP contribution < -0.4 is 4.74 Å². The van der Waals surface area contributed by atoms with Crippen LogP contribution in [0.1, 0.15) is 32.8 Å². The molecule has 0 spiro atoms. The first-order chi connectivity index (χ1) is 8.39. The second kappa shape index (κ2) is 3.47. The predicted octanol–water partition coefficient (Wildman–Crippen LogP) is 2.88. The molecule has 0 radical (unpaired) electrons. The molecule has 0 amide bonds. The average molecular weight is 250 g/mol. The van der Waals surface area contributed by atoms with E-state index >= 15 is 0 Å². The number of hydrogen-bond acceptors (Lipinski definition) is 2. The summed E-state index contributed by atoms with van der Waals surface area (Å²) < 4.78 is 19.5. The van der Waals surface area contributed by atoms with Gasteiger partial charge in [-0.15, -0.1) is 0 Å². The second-order valence-corrected chi connectivity index (χ2v) is 6.45. The Morgan fingerprint density at radius 2 is 2.11 bits per heavy atom. The van der Waals surface area contributed by atoms with E-state index in [9.17, 15) is 9.50 Å². The van der Waals surface area contributed by atoms with E-state index in [0.29, 0.717) is 5.92 Å². The van der Waals surface area contributed by atoms with Crippen molar-refractivity contribution in [2.45, 2.75) is 38.7 Å². The molecule has 3 rings (SSSR count). The van der Waals surface area contributed by atoms with E-state index in [4.69, 9.17) is 4.74 Å². The van der Waals surface area contributed by atoms with Crippen molar-refractivity contribution < 1.29 is 14.2 Å². The summed E-state index contributed by atoms with van der Waals surface area (Å²) in [5.41, 5.74) is 0.737. The first kappa shape index (κ1) is 12.0. The Morgan fingerprint density at radius 3 is 2.72 bits per heavy atom. The Kier molecular flexibility index (Phi) is 2.31. The van der Waals surface area contributed by atoms with Gasteiger partial charge in [0.15, 0.2) is 0 Å². The van der Waals surface area contributed by atoms with Crippen molar-refractivity contribution in [3.05, 3.63) is 29.6 Å². The van der Waals surface area contributed by atoms with Crippen LogP contribution in [0.2, 0.25) is 0 Å². The van der Waals surface area contributed by atoms with Crippen molar-refractivity contribution in [2.75, 3.05) is 6.61 Å². The minimum atomic E-state index is -0.217. The number of hydrogen-bond donors (Lipinski definition) is 1. The Balaban J connectivity index is 1.99. The largest absolute Gasteiger partial charge is 0.489 e. The zero-order valence-electron chi connectivity index (χ0n) is 11.0. The SMILES string of the molecule is CC1(C)c2cc(F)ccc2OC1[C@@]1(C)C[C@@H]1CO. The molecule has 1 unspecified atom stereocenters. The number of benzene rings is 1. The van der Waals surface area contributed by atoms with Gasteiger partial charge >= 0.3 is 0 Å². The fourth-order valence-electron chi connectivity index (χ4n) is 3.55. The zero-order valence-corrected chi connectivity index (χ0v) is 11.0. The summed E-state index contributed by atoms with van der Waals surface area (Å²) >= 11 is 0. The van der Waals surface area contributed by atoms with E-state index in [1.807, 2.05) is 0 Å². The van der Waals surface area contributed by atoms with Crippen LogP contribution in [-0.4, -0.2) is 17.8 Å². The molecule has 1 heterocycles. The van der Waals surface area contributed by atoms with Gasteiger partial charge in [0.2, 0.25) is 0 Å². The standard InChI is InChI=1S/C15H19FO2/c1-14(2)11-6-10(16)4-5-12(11)18-13(14)15(3)7-9(15)8-17/h4-6,9,13,17H,7-8H2,1-3H3/t9-,13?,15+/m1/s1. The highest BCUT2D eigenvalue weighted by molar-refractivity contribution is 5.46. The van der Waals surface area contributed by atoms with Crippen LogP contribution in [0.15, 0.2) is 18.2 Å². The molecule has 1 aliphatic carbocycles. The normalized spacial score (nSPS) is 36.1. The molecule has 1 aromatic carbocycles. The number of halogens is 1. The quantitative estimate of drug-likeness (QED) is 0.874.